The number of amides is 2. The lowest BCUT2D eigenvalue weighted by Gasteiger charge is -2.29. The van der Waals surface area contributed by atoms with Crippen LogP contribution in [-0.4, -0.2) is 53.2 Å². The van der Waals surface area contributed by atoms with Crippen LogP contribution >= 0.6 is 0 Å². The van der Waals surface area contributed by atoms with Crippen LogP contribution in [0.4, 0.5) is 4.79 Å². The minimum absolute atomic E-state index is 0.0778. The monoisotopic (exact) mass is 436 g/mol. The van der Waals surface area contributed by atoms with Crippen molar-refractivity contribution in [3.05, 3.63) is 72.3 Å². The number of hydrogen-bond acceptors (Lipinski definition) is 4. The molecule has 3 rings (SSSR count). The van der Waals surface area contributed by atoms with E-state index in [1.54, 1.807) is 6.08 Å². The Hall–Kier alpha value is -3.61. The molecule has 1 unspecified atom stereocenters. The summed E-state index contributed by atoms with van der Waals surface area (Å²) in [4.78, 5) is 38.2. The van der Waals surface area contributed by atoms with Gasteiger partial charge in [-0.05, 0) is 36.1 Å². The number of aliphatic carboxylic acids is 1. The van der Waals surface area contributed by atoms with Crippen molar-refractivity contribution < 1.29 is 24.2 Å². The number of alkyl carbamates (subject to hydrolysis) is 1. The van der Waals surface area contributed by atoms with E-state index in [1.807, 2.05) is 62.4 Å². The summed E-state index contributed by atoms with van der Waals surface area (Å²) in [6.45, 7) is 7.59. The second kappa shape index (κ2) is 10.1. The number of carboxylic acid groups (broad SMARTS) is 1. The van der Waals surface area contributed by atoms with E-state index in [2.05, 4.69) is 11.9 Å². The van der Waals surface area contributed by atoms with E-state index < -0.39 is 30.4 Å². The Morgan fingerprint density at radius 3 is 2.16 bits per heavy atom. The number of nitrogens with one attached hydrogen (secondary N) is 1. The standard InChI is InChI=1S/C25H28N2O5/c1-4-13-27(16(2)3)24(30)22(14-23(28)29)26-25(31)32-15-21-19-11-7-5-9-17(19)18-10-6-8-12-20(18)21/h4-12,16,21-22H,1,13-15H2,2-3H3,(H,26,31)(H,28,29). The zero-order chi connectivity index (χ0) is 23.3. The highest BCUT2D eigenvalue weighted by molar-refractivity contribution is 5.89. The van der Waals surface area contributed by atoms with Crippen molar-refractivity contribution in [2.75, 3.05) is 13.2 Å². The molecule has 1 aliphatic rings. The maximum Gasteiger partial charge on any atom is 0.407 e. The van der Waals surface area contributed by atoms with E-state index in [1.165, 1.54) is 4.90 Å². The first-order valence-corrected chi connectivity index (χ1v) is 10.6. The fraction of sp³-hybridized carbons (Fsp3) is 0.320. The number of carbonyl (C=O) groups excluding carboxylic acids is 2. The number of ether oxygens (including phenoxy) is 1. The molecule has 0 aromatic heterocycles. The van der Waals surface area contributed by atoms with Gasteiger partial charge in [-0.15, -0.1) is 6.58 Å². The van der Waals surface area contributed by atoms with Crippen molar-refractivity contribution in [2.45, 2.75) is 38.3 Å². The van der Waals surface area contributed by atoms with Crippen LogP contribution in [0.25, 0.3) is 11.1 Å². The molecule has 32 heavy (non-hydrogen) atoms. The van der Waals surface area contributed by atoms with Crippen molar-refractivity contribution in [2.24, 2.45) is 0 Å². The van der Waals surface area contributed by atoms with Crippen LogP contribution in [0.5, 0.6) is 0 Å². The summed E-state index contributed by atoms with van der Waals surface area (Å²) < 4.78 is 5.47. The highest BCUT2D eigenvalue weighted by Crippen LogP contribution is 2.44. The lowest BCUT2D eigenvalue weighted by atomic mass is 9.98. The predicted octanol–water partition coefficient (Wildman–Crippen LogP) is 3.79. The molecule has 2 amide bonds. The average Bonchev–Trinajstić information content (AvgIpc) is 3.08. The summed E-state index contributed by atoms with van der Waals surface area (Å²) >= 11 is 0. The van der Waals surface area contributed by atoms with Crippen molar-refractivity contribution in [3.63, 3.8) is 0 Å². The van der Waals surface area contributed by atoms with Gasteiger partial charge in [0.05, 0.1) is 6.42 Å². The molecule has 0 bridgehead atoms. The summed E-state index contributed by atoms with van der Waals surface area (Å²) in [6, 6.07) is 14.5. The highest BCUT2D eigenvalue weighted by atomic mass is 16.5. The summed E-state index contributed by atoms with van der Waals surface area (Å²) in [5.74, 6) is -1.81. The molecule has 0 radical (unpaired) electrons. The first kappa shape index (κ1) is 23.1. The van der Waals surface area contributed by atoms with Gasteiger partial charge < -0.3 is 20.1 Å². The molecule has 0 fully saturated rings. The van der Waals surface area contributed by atoms with Crippen LogP contribution in [0.2, 0.25) is 0 Å². The van der Waals surface area contributed by atoms with E-state index in [-0.39, 0.29) is 25.1 Å². The molecule has 1 atom stereocenters. The van der Waals surface area contributed by atoms with Gasteiger partial charge in [0.1, 0.15) is 12.6 Å². The minimum atomic E-state index is -1.23. The summed E-state index contributed by atoms with van der Waals surface area (Å²) in [5, 5.41) is 11.7. The Labute approximate surface area is 187 Å². The third-order valence-corrected chi connectivity index (χ3v) is 5.54. The number of fused-ring (bicyclic) bond motifs is 3. The van der Waals surface area contributed by atoms with Gasteiger partial charge in [0.15, 0.2) is 0 Å². The summed E-state index contributed by atoms with van der Waals surface area (Å²) in [5.41, 5.74) is 4.34. The number of rotatable bonds is 9. The second-order valence-corrected chi connectivity index (χ2v) is 7.99. The third kappa shape index (κ3) is 4.99. The normalized spacial score (nSPS) is 13.1. The smallest absolute Gasteiger partial charge is 0.407 e. The Kier molecular flexibility index (Phi) is 7.30. The van der Waals surface area contributed by atoms with Gasteiger partial charge in [-0.25, -0.2) is 4.79 Å². The maximum absolute atomic E-state index is 12.9. The SMILES string of the molecule is C=CCN(C(=O)C(CC(=O)O)NC(=O)OCC1c2ccccc2-c2ccccc21)C(C)C. The van der Waals surface area contributed by atoms with Crippen molar-refractivity contribution in [1.82, 2.24) is 10.2 Å². The van der Waals surface area contributed by atoms with E-state index in [9.17, 15) is 19.5 Å². The lowest BCUT2D eigenvalue weighted by Crippen LogP contribution is -2.51. The van der Waals surface area contributed by atoms with Crippen LogP contribution < -0.4 is 5.32 Å². The summed E-state index contributed by atoms with van der Waals surface area (Å²) in [6.07, 6.45) is 0.195. The van der Waals surface area contributed by atoms with Crippen molar-refractivity contribution in [3.8, 4) is 11.1 Å². The molecule has 0 spiro atoms. The molecule has 7 nitrogen and oxygen atoms in total. The fourth-order valence-corrected chi connectivity index (χ4v) is 4.05. The van der Waals surface area contributed by atoms with Crippen LogP contribution in [0.1, 0.15) is 37.3 Å². The molecular formula is C25H28N2O5. The predicted molar refractivity (Wildman–Crippen MR) is 121 cm³/mol. The van der Waals surface area contributed by atoms with Crippen LogP contribution in [0, 0.1) is 0 Å². The molecule has 2 aromatic carbocycles. The minimum Gasteiger partial charge on any atom is -0.481 e. The molecule has 0 heterocycles. The van der Waals surface area contributed by atoms with Gasteiger partial charge in [0, 0.05) is 18.5 Å². The Balaban J connectivity index is 1.71. The Morgan fingerprint density at radius 1 is 1.09 bits per heavy atom. The zero-order valence-corrected chi connectivity index (χ0v) is 18.3. The van der Waals surface area contributed by atoms with Crippen molar-refractivity contribution in [1.29, 1.82) is 0 Å². The van der Waals surface area contributed by atoms with Gasteiger partial charge in [-0.1, -0.05) is 54.6 Å². The average molecular weight is 437 g/mol. The third-order valence-electron chi connectivity index (χ3n) is 5.54. The second-order valence-electron chi connectivity index (χ2n) is 7.99. The topological polar surface area (TPSA) is 95.9 Å². The van der Waals surface area contributed by atoms with Crippen molar-refractivity contribution >= 4 is 18.0 Å². The van der Waals surface area contributed by atoms with E-state index in [4.69, 9.17) is 4.74 Å². The summed E-state index contributed by atoms with van der Waals surface area (Å²) in [7, 11) is 0. The Morgan fingerprint density at radius 2 is 1.66 bits per heavy atom. The van der Waals surface area contributed by atoms with Gasteiger partial charge in [-0.3, -0.25) is 9.59 Å². The molecule has 7 heteroatoms. The van der Waals surface area contributed by atoms with Gasteiger partial charge >= 0.3 is 12.1 Å². The first-order valence-electron chi connectivity index (χ1n) is 10.6. The zero-order valence-electron chi connectivity index (χ0n) is 18.3. The molecule has 1 aliphatic carbocycles. The fourth-order valence-electron chi connectivity index (χ4n) is 4.05. The lowest BCUT2D eigenvalue weighted by molar-refractivity contribution is -0.143. The molecule has 168 valence electrons. The van der Waals surface area contributed by atoms with Gasteiger partial charge in [0.2, 0.25) is 5.91 Å². The quantitative estimate of drug-likeness (QED) is 0.583. The largest absolute Gasteiger partial charge is 0.481 e. The van der Waals surface area contributed by atoms with Crippen LogP contribution in [0.15, 0.2) is 61.2 Å². The maximum atomic E-state index is 12.9. The van der Waals surface area contributed by atoms with Crippen LogP contribution in [-0.2, 0) is 14.3 Å². The van der Waals surface area contributed by atoms with E-state index in [0.29, 0.717) is 0 Å². The van der Waals surface area contributed by atoms with E-state index >= 15 is 0 Å². The van der Waals surface area contributed by atoms with Crippen LogP contribution in [0.3, 0.4) is 0 Å². The molecular weight excluding hydrogens is 408 g/mol. The first-order chi connectivity index (χ1) is 15.3. The van der Waals surface area contributed by atoms with Gasteiger partial charge in [0.25, 0.3) is 0 Å². The Bertz CT molecular complexity index is 971. The molecule has 2 aromatic rings. The number of carboxylic acids is 1. The number of nitrogens with zero attached hydrogens (tertiary/aromatic N) is 1. The number of hydrogen-bond donors (Lipinski definition) is 2. The number of benzene rings is 2. The molecule has 0 saturated heterocycles. The molecule has 0 saturated carbocycles. The molecule has 0 aliphatic heterocycles. The number of carbonyl (C=O) groups is 3. The molecule has 2 N–H and O–H groups in total. The van der Waals surface area contributed by atoms with Gasteiger partial charge in [-0.2, -0.15) is 0 Å². The van der Waals surface area contributed by atoms with E-state index in [0.717, 1.165) is 22.3 Å². The highest BCUT2D eigenvalue weighted by Gasteiger charge is 2.32.